The third-order valence-corrected chi connectivity index (χ3v) is 4.15. The van der Waals surface area contributed by atoms with Crippen molar-refractivity contribution < 1.29 is 4.79 Å². The van der Waals surface area contributed by atoms with Crippen LogP contribution in [0.4, 0.5) is 5.95 Å². The van der Waals surface area contributed by atoms with Crippen LogP contribution in [-0.4, -0.2) is 27.3 Å². The van der Waals surface area contributed by atoms with E-state index in [1.807, 2.05) is 22.4 Å². The van der Waals surface area contributed by atoms with Gasteiger partial charge in [0.2, 0.25) is 11.9 Å². The number of nitrogens with zero attached hydrogens (tertiary/aromatic N) is 3. The molecule has 5 nitrogen and oxygen atoms in total. The Morgan fingerprint density at radius 1 is 1.47 bits per heavy atom. The molecule has 6 heteroatoms. The van der Waals surface area contributed by atoms with Crippen molar-refractivity contribution in [3.63, 3.8) is 0 Å². The van der Waals surface area contributed by atoms with Crippen molar-refractivity contribution in [2.45, 2.75) is 19.9 Å². The average Bonchev–Trinajstić information content (AvgIpc) is 2.90. The number of amides is 1. The Kier molecular flexibility index (Phi) is 2.94. The van der Waals surface area contributed by atoms with Crippen molar-refractivity contribution in [3.05, 3.63) is 28.8 Å². The summed E-state index contributed by atoms with van der Waals surface area (Å²) in [5.41, 5.74) is 8.64. The van der Waals surface area contributed by atoms with Crippen LogP contribution in [0.5, 0.6) is 0 Å². The molecule has 0 radical (unpaired) electrons. The Morgan fingerprint density at radius 3 is 3.00 bits per heavy atom. The third kappa shape index (κ3) is 2.19. The summed E-state index contributed by atoms with van der Waals surface area (Å²) >= 11 is 1.62. The van der Waals surface area contributed by atoms with Gasteiger partial charge >= 0.3 is 0 Å². The number of carbonyl (C=O) groups excluding carboxylic acids is 1. The first-order chi connectivity index (χ1) is 9.15. The third-order valence-electron chi connectivity index (χ3n) is 3.28. The van der Waals surface area contributed by atoms with Crippen molar-refractivity contribution in [3.8, 4) is 10.6 Å². The molecule has 3 heterocycles. The summed E-state index contributed by atoms with van der Waals surface area (Å²) in [6.45, 7) is 2.86. The molecule has 0 saturated carbocycles. The first kappa shape index (κ1) is 12.1. The smallest absolute Gasteiger partial charge is 0.220 e. The van der Waals surface area contributed by atoms with E-state index in [2.05, 4.69) is 9.97 Å². The topological polar surface area (TPSA) is 72.1 Å². The van der Waals surface area contributed by atoms with Crippen LogP contribution in [0, 0.1) is 0 Å². The van der Waals surface area contributed by atoms with Crippen molar-refractivity contribution in [1.29, 1.82) is 0 Å². The second-order valence-electron chi connectivity index (χ2n) is 4.52. The molecule has 2 aromatic rings. The summed E-state index contributed by atoms with van der Waals surface area (Å²) in [4.78, 5) is 23.1. The maximum absolute atomic E-state index is 11.5. The van der Waals surface area contributed by atoms with Crippen LogP contribution in [0.1, 0.15) is 18.2 Å². The molecule has 0 aliphatic carbocycles. The lowest BCUT2D eigenvalue weighted by molar-refractivity contribution is -0.129. The van der Waals surface area contributed by atoms with Gasteiger partial charge in [0.05, 0.1) is 16.3 Å². The molecule has 0 fully saturated rings. The lowest BCUT2D eigenvalue weighted by Gasteiger charge is -2.28. The van der Waals surface area contributed by atoms with E-state index >= 15 is 0 Å². The van der Waals surface area contributed by atoms with Gasteiger partial charge in [-0.3, -0.25) is 4.79 Å². The number of rotatable bonds is 1. The van der Waals surface area contributed by atoms with Crippen molar-refractivity contribution in [2.75, 3.05) is 12.3 Å². The molecule has 0 saturated heterocycles. The number of nitrogens with two attached hydrogens (primary N) is 1. The first-order valence-electron chi connectivity index (χ1n) is 6.10. The average molecular weight is 274 g/mol. The van der Waals surface area contributed by atoms with Crippen molar-refractivity contribution >= 4 is 23.2 Å². The Balaban J connectivity index is 2.11. The van der Waals surface area contributed by atoms with E-state index in [9.17, 15) is 4.79 Å². The van der Waals surface area contributed by atoms with Gasteiger partial charge in [-0.25, -0.2) is 9.97 Å². The van der Waals surface area contributed by atoms with Gasteiger partial charge in [-0.2, -0.15) is 0 Å². The molecular formula is C13H14N4OS. The Bertz CT molecular complexity index is 624. The minimum Gasteiger partial charge on any atom is -0.368 e. The molecule has 0 bridgehead atoms. The highest BCUT2D eigenvalue weighted by Gasteiger charge is 2.24. The standard InChI is InChI=1S/C13H14N4OS/c1-8(18)17-5-4-10-9(7-17)12(16-13(14)15-10)11-3-2-6-19-11/h2-3,6H,4-5,7H2,1H3,(H2,14,15,16). The van der Waals surface area contributed by atoms with Gasteiger partial charge in [-0.1, -0.05) is 6.07 Å². The van der Waals surface area contributed by atoms with Gasteiger partial charge in [0, 0.05) is 32.0 Å². The molecule has 0 spiro atoms. The molecule has 1 amide bonds. The molecule has 0 unspecified atom stereocenters. The molecule has 2 N–H and O–H groups in total. The number of fused-ring (bicyclic) bond motifs is 1. The Labute approximate surface area is 115 Å². The van der Waals surface area contributed by atoms with E-state index in [-0.39, 0.29) is 5.91 Å². The second kappa shape index (κ2) is 4.62. The first-order valence-corrected chi connectivity index (χ1v) is 6.98. The molecular weight excluding hydrogens is 260 g/mol. The van der Waals surface area contributed by atoms with Crippen molar-refractivity contribution in [2.24, 2.45) is 0 Å². The van der Waals surface area contributed by atoms with E-state index in [1.54, 1.807) is 18.3 Å². The summed E-state index contributed by atoms with van der Waals surface area (Å²) in [7, 11) is 0. The minimum absolute atomic E-state index is 0.0830. The van der Waals surface area contributed by atoms with Crippen LogP contribution in [0.25, 0.3) is 10.6 Å². The predicted octanol–water partition coefficient (Wildman–Crippen LogP) is 1.69. The van der Waals surface area contributed by atoms with Crippen LogP contribution in [0.3, 0.4) is 0 Å². The van der Waals surface area contributed by atoms with E-state index in [1.165, 1.54) is 0 Å². The van der Waals surface area contributed by atoms with Crippen LogP contribution in [0.2, 0.25) is 0 Å². The fraction of sp³-hybridized carbons (Fsp3) is 0.308. The lowest BCUT2D eigenvalue weighted by Crippen LogP contribution is -2.35. The number of aromatic nitrogens is 2. The summed E-state index contributed by atoms with van der Waals surface area (Å²) in [5, 5.41) is 2.01. The zero-order valence-electron chi connectivity index (χ0n) is 10.6. The fourth-order valence-corrected chi connectivity index (χ4v) is 3.06. The highest BCUT2D eigenvalue weighted by atomic mass is 32.1. The number of hydrogen-bond acceptors (Lipinski definition) is 5. The monoisotopic (exact) mass is 274 g/mol. The SMILES string of the molecule is CC(=O)N1CCc2nc(N)nc(-c3cccs3)c2C1. The molecule has 1 aliphatic heterocycles. The molecule has 1 aliphatic rings. The Hall–Kier alpha value is -1.95. The van der Waals surface area contributed by atoms with E-state index in [0.717, 1.165) is 28.2 Å². The Morgan fingerprint density at radius 2 is 2.32 bits per heavy atom. The summed E-state index contributed by atoms with van der Waals surface area (Å²) in [6.07, 6.45) is 0.736. The van der Waals surface area contributed by atoms with Crippen LogP contribution in [0.15, 0.2) is 17.5 Å². The lowest BCUT2D eigenvalue weighted by atomic mass is 10.0. The minimum atomic E-state index is 0.0830. The van der Waals surface area contributed by atoms with E-state index in [0.29, 0.717) is 19.0 Å². The maximum atomic E-state index is 11.5. The number of hydrogen-bond donors (Lipinski definition) is 1. The van der Waals surface area contributed by atoms with Crippen LogP contribution < -0.4 is 5.73 Å². The zero-order chi connectivity index (χ0) is 13.4. The van der Waals surface area contributed by atoms with Crippen LogP contribution >= 0.6 is 11.3 Å². The highest BCUT2D eigenvalue weighted by molar-refractivity contribution is 7.13. The quantitative estimate of drug-likeness (QED) is 0.859. The van der Waals surface area contributed by atoms with Gasteiger partial charge in [-0.15, -0.1) is 11.3 Å². The van der Waals surface area contributed by atoms with Gasteiger partial charge in [0.25, 0.3) is 0 Å². The van der Waals surface area contributed by atoms with Gasteiger partial charge in [-0.05, 0) is 11.4 Å². The molecule has 3 rings (SSSR count). The summed E-state index contributed by atoms with van der Waals surface area (Å²) < 4.78 is 0. The summed E-state index contributed by atoms with van der Waals surface area (Å²) in [5.74, 6) is 0.387. The highest BCUT2D eigenvalue weighted by Crippen LogP contribution is 2.31. The predicted molar refractivity (Wildman–Crippen MR) is 74.6 cm³/mol. The zero-order valence-corrected chi connectivity index (χ0v) is 11.4. The van der Waals surface area contributed by atoms with Crippen molar-refractivity contribution in [1.82, 2.24) is 14.9 Å². The number of carbonyl (C=O) groups is 1. The summed E-state index contributed by atoms with van der Waals surface area (Å²) in [6, 6.07) is 4.00. The second-order valence-corrected chi connectivity index (χ2v) is 5.47. The normalized spacial score (nSPS) is 14.3. The van der Waals surface area contributed by atoms with E-state index < -0.39 is 0 Å². The van der Waals surface area contributed by atoms with Gasteiger partial charge in [0.1, 0.15) is 0 Å². The number of thiophene rings is 1. The fourth-order valence-electron chi connectivity index (χ4n) is 2.32. The molecule has 0 aromatic carbocycles. The maximum Gasteiger partial charge on any atom is 0.220 e. The van der Waals surface area contributed by atoms with Gasteiger partial charge in [0.15, 0.2) is 0 Å². The van der Waals surface area contributed by atoms with Gasteiger partial charge < -0.3 is 10.6 Å². The molecule has 98 valence electrons. The molecule has 0 atom stereocenters. The van der Waals surface area contributed by atoms with E-state index in [4.69, 9.17) is 5.73 Å². The number of anilines is 1. The number of nitrogen functional groups attached to an aromatic ring is 1. The van der Waals surface area contributed by atoms with Crippen LogP contribution in [-0.2, 0) is 17.8 Å². The molecule has 19 heavy (non-hydrogen) atoms. The largest absolute Gasteiger partial charge is 0.368 e. The molecule has 2 aromatic heterocycles.